The summed E-state index contributed by atoms with van der Waals surface area (Å²) < 4.78 is 5.45. The molecule has 0 aromatic heterocycles. The zero-order valence-corrected chi connectivity index (χ0v) is 14.9. The highest BCUT2D eigenvalue weighted by Gasteiger charge is 2.25. The quantitative estimate of drug-likeness (QED) is 0.619. The first-order valence-electron chi connectivity index (χ1n) is 8.91. The predicted molar refractivity (Wildman–Crippen MR) is 107 cm³/mol. The van der Waals surface area contributed by atoms with Crippen molar-refractivity contribution in [3.63, 3.8) is 0 Å². The lowest BCUT2D eigenvalue weighted by Gasteiger charge is -2.36. The molecule has 0 amide bonds. The molecule has 1 heterocycles. The van der Waals surface area contributed by atoms with E-state index in [9.17, 15) is 0 Å². The molecule has 1 atom stereocenters. The van der Waals surface area contributed by atoms with Crippen molar-refractivity contribution >= 4 is 5.69 Å². The van der Waals surface area contributed by atoms with E-state index < -0.39 is 0 Å². The third-order valence-electron chi connectivity index (χ3n) is 4.82. The molecule has 0 fully saturated rings. The molecule has 3 aromatic rings. The predicted octanol–water partition coefficient (Wildman–Crippen LogP) is 4.85. The van der Waals surface area contributed by atoms with Gasteiger partial charge in [-0.1, -0.05) is 66.4 Å². The highest BCUT2D eigenvalue weighted by atomic mass is 16.5. The second kappa shape index (κ2) is 7.37. The van der Waals surface area contributed by atoms with Crippen LogP contribution in [0.3, 0.4) is 0 Å². The van der Waals surface area contributed by atoms with Crippen LogP contribution in [-0.2, 0) is 6.42 Å². The second-order valence-electron chi connectivity index (χ2n) is 6.35. The van der Waals surface area contributed by atoms with Crippen LogP contribution in [0.5, 0.6) is 5.75 Å². The first-order chi connectivity index (χ1) is 12.9. The van der Waals surface area contributed by atoms with Gasteiger partial charge in [-0.25, -0.2) is 0 Å². The van der Waals surface area contributed by atoms with Crippen LogP contribution < -0.4 is 9.64 Å². The topological polar surface area (TPSA) is 12.5 Å². The summed E-state index contributed by atoms with van der Waals surface area (Å²) in [7, 11) is 1.69. The average molecular weight is 339 g/mol. The van der Waals surface area contributed by atoms with E-state index in [0.29, 0.717) is 0 Å². The largest absolute Gasteiger partial charge is 0.495 e. The van der Waals surface area contributed by atoms with Gasteiger partial charge in [0.2, 0.25) is 0 Å². The Bertz CT molecular complexity index is 952. The van der Waals surface area contributed by atoms with E-state index >= 15 is 0 Å². The molecule has 0 radical (unpaired) electrons. The zero-order valence-electron chi connectivity index (χ0n) is 14.9. The minimum atomic E-state index is 0.0345. The number of hydrogen-bond donors (Lipinski definition) is 0. The molecular formula is C24H21NO. The van der Waals surface area contributed by atoms with Crippen molar-refractivity contribution in [3.8, 4) is 17.6 Å². The van der Waals surface area contributed by atoms with Crippen molar-refractivity contribution in [2.75, 3.05) is 18.6 Å². The second-order valence-corrected chi connectivity index (χ2v) is 6.35. The van der Waals surface area contributed by atoms with Crippen LogP contribution in [0.4, 0.5) is 5.69 Å². The van der Waals surface area contributed by atoms with Gasteiger partial charge in [-0.2, -0.15) is 0 Å². The Morgan fingerprint density at radius 1 is 0.885 bits per heavy atom. The number of methoxy groups -OCH3 is 1. The van der Waals surface area contributed by atoms with Gasteiger partial charge in [0.25, 0.3) is 0 Å². The van der Waals surface area contributed by atoms with Crippen molar-refractivity contribution in [2.24, 2.45) is 0 Å². The van der Waals surface area contributed by atoms with Crippen LogP contribution in [0.1, 0.15) is 22.7 Å². The minimum absolute atomic E-state index is 0.0345. The van der Waals surface area contributed by atoms with Crippen LogP contribution in [0.2, 0.25) is 0 Å². The molecule has 2 nitrogen and oxygen atoms in total. The Kier molecular flexibility index (Phi) is 4.62. The number of para-hydroxylation sites is 2. The maximum Gasteiger partial charge on any atom is 0.134 e. The fourth-order valence-corrected chi connectivity index (χ4v) is 3.51. The standard InChI is InChI=1S/C24H21NO/c1-26-24-14-8-6-10-20(24)15-16-23-22-13-7-5-9-19(22)17-18-25(23)21-11-3-2-4-12-21/h2-14,23H,17-18H2,1H3. The average Bonchev–Trinajstić information content (AvgIpc) is 2.72. The van der Waals surface area contributed by atoms with Crippen molar-refractivity contribution in [1.29, 1.82) is 0 Å². The molecule has 0 N–H and O–H groups in total. The third kappa shape index (κ3) is 3.17. The fourth-order valence-electron chi connectivity index (χ4n) is 3.51. The van der Waals surface area contributed by atoms with Gasteiger partial charge in [0.15, 0.2) is 0 Å². The summed E-state index contributed by atoms with van der Waals surface area (Å²) in [4.78, 5) is 2.39. The summed E-state index contributed by atoms with van der Waals surface area (Å²) in [5.41, 5.74) is 4.82. The summed E-state index contributed by atoms with van der Waals surface area (Å²) >= 11 is 0. The van der Waals surface area contributed by atoms with E-state index in [4.69, 9.17) is 4.74 Å². The van der Waals surface area contributed by atoms with E-state index in [-0.39, 0.29) is 6.04 Å². The van der Waals surface area contributed by atoms with Gasteiger partial charge in [-0.3, -0.25) is 0 Å². The molecular weight excluding hydrogens is 318 g/mol. The highest BCUT2D eigenvalue weighted by Crippen LogP contribution is 2.33. The number of ether oxygens (including phenoxy) is 1. The van der Waals surface area contributed by atoms with Gasteiger partial charge in [0, 0.05) is 12.2 Å². The minimum Gasteiger partial charge on any atom is -0.495 e. The molecule has 2 heteroatoms. The number of rotatable bonds is 2. The summed E-state index contributed by atoms with van der Waals surface area (Å²) in [6, 6.07) is 27.1. The normalized spacial score (nSPS) is 15.6. The number of hydrogen-bond acceptors (Lipinski definition) is 2. The lowest BCUT2D eigenvalue weighted by molar-refractivity contribution is 0.413. The number of fused-ring (bicyclic) bond motifs is 1. The highest BCUT2D eigenvalue weighted by molar-refractivity contribution is 5.56. The van der Waals surface area contributed by atoms with Gasteiger partial charge in [-0.05, 0) is 41.8 Å². The van der Waals surface area contributed by atoms with Gasteiger partial charge >= 0.3 is 0 Å². The molecule has 0 spiro atoms. The van der Waals surface area contributed by atoms with Gasteiger partial charge < -0.3 is 9.64 Å². The van der Waals surface area contributed by atoms with E-state index in [1.165, 1.54) is 16.8 Å². The van der Waals surface area contributed by atoms with Gasteiger partial charge in [0.1, 0.15) is 11.8 Å². The molecule has 1 unspecified atom stereocenters. The molecule has 4 rings (SSSR count). The summed E-state index contributed by atoms with van der Waals surface area (Å²) in [5.74, 6) is 7.69. The zero-order chi connectivity index (χ0) is 17.8. The SMILES string of the molecule is COc1ccccc1C#CC1c2ccccc2CCN1c1ccccc1. The molecule has 1 aliphatic rings. The van der Waals surface area contributed by atoms with Crippen LogP contribution in [0, 0.1) is 11.8 Å². The molecule has 1 aliphatic heterocycles. The number of nitrogens with zero attached hydrogens (tertiary/aromatic N) is 1. The van der Waals surface area contributed by atoms with E-state index in [1.807, 2.05) is 24.3 Å². The Balaban J connectivity index is 1.78. The molecule has 26 heavy (non-hydrogen) atoms. The third-order valence-corrected chi connectivity index (χ3v) is 4.82. The summed E-state index contributed by atoms with van der Waals surface area (Å²) in [6.07, 6.45) is 1.04. The summed E-state index contributed by atoms with van der Waals surface area (Å²) in [6.45, 7) is 0.965. The maximum absolute atomic E-state index is 5.45. The molecule has 0 aliphatic carbocycles. The van der Waals surface area contributed by atoms with E-state index in [2.05, 4.69) is 71.3 Å². The van der Waals surface area contributed by atoms with Crippen LogP contribution in [0.25, 0.3) is 0 Å². The molecule has 0 saturated carbocycles. The van der Waals surface area contributed by atoms with Crippen molar-refractivity contribution in [2.45, 2.75) is 12.5 Å². The Morgan fingerprint density at radius 3 is 2.46 bits per heavy atom. The van der Waals surface area contributed by atoms with Crippen molar-refractivity contribution in [3.05, 3.63) is 95.6 Å². The maximum atomic E-state index is 5.45. The Morgan fingerprint density at radius 2 is 1.62 bits per heavy atom. The van der Waals surface area contributed by atoms with Crippen LogP contribution >= 0.6 is 0 Å². The smallest absolute Gasteiger partial charge is 0.134 e. The fraction of sp³-hybridized carbons (Fsp3) is 0.167. The monoisotopic (exact) mass is 339 g/mol. The molecule has 128 valence electrons. The molecule has 0 bridgehead atoms. The Labute approximate surface area is 155 Å². The van der Waals surface area contributed by atoms with Crippen LogP contribution in [0.15, 0.2) is 78.9 Å². The first-order valence-corrected chi connectivity index (χ1v) is 8.91. The summed E-state index contributed by atoms with van der Waals surface area (Å²) in [5, 5.41) is 0. The first kappa shape index (κ1) is 16.3. The molecule has 0 saturated heterocycles. The van der Waals surface area contributed by atoms with Gasteiger partial charge in [-0.15, -0.1) is 0 Å². The van der Waals surface area contributed by atoms with Crippen molar-refractivity contribution < 1.29 is 4.74 Å². The lowest BCUT2D eigenvalue weighted by Crippen LogP contribution is -2.34. The van der Waals surface area contributed by atoms with Gasteiger partial charge in [0.05, 0.1) is 12.7 Å². The molecule has 3 aromatic carbocycles. The van der Waals surface area contributed by atoms with Crippen LogP contribution in [-0.4, -0.2) is 13.7 Å². The number of anilines is 1. The van der Waals surface area contributed by atoms with Crippen molar-refractivity contribution in [1.82, 2.24) is 0 Å². The number of benzene rings is 3. The Hall–Kier alpha value is -3.18. The van der Waals surface area contributed by atoms with E-state index in [0.717, 1.165) is 24.3 Å². The lowest BCUT2D eigenvalue weighted by atomic mass is 9.92. The van der Waals surface area contributed by atoms with E-state index in [1.54, 1.807) is 7.11 Å².